The smallest absolute Gasteiger partial charge is 0.480 e. The van der Waals surface area contributed by atoms with Crippen molar-refractivity contribution < 1.29 is 36.2 Å². The van der Waals surface area contributed by atoms with Crippen LogP contribution in [0.3, 0.4) is 0 Å². The molecule has 0 saturated heterocycles. The second-order valence-electron chi connectivity index (χ2n) is 3.67. The molecule has 0 aliphatic carbocycles. The van der Waals surface area contributed by atoms with E-state index in [1.165, 1.54) is 0 Å². The molecule has 1 aromatic rings. The molecule has 1 N–H and O–H groups in total. The average molecular weight is 313 g/mol. The number of carboxylic acids is 1. The van der Waals surface area contributed by atoms with Crippen molar-refractivity contribution in [1.29, 1.82) is 0 Å². The van der Waals surface area contributed by atoms with Crippen LogP contribution >= 0.6 is 0 Å². The summed E-state index contributed by atoms with van der Waals surface area (Å²) in [7, 11) is -3.03. The Kier molecular flexibility index (Phi) is 4.61. The molecule has 0 aromatic heterocycles. The predicted octanol–water partition coefficient (Wildman–Crippen LogP) is 1.29. The molecular weight excluding hydrogens is 303 g/mol. The monoisotopic (exact) mass is 313 g/mol. The molecule has 0 fully saturated rings. The first-order valence-corrected chi connectivity index (χ1v) is 6.50. The van der Waals surface area contributed by atoms with E-state index < -0.39 is 34.6 Å². The number of nitrogens with zero attached hydrogens (tertiary/aromatic N) is 1. The quantitative estimate of drug-likeness (QED) is 0.885. The predicted molar refractivity (Wildman–Crippen MR) is 60.6 cm³/mol. The first-order chi connectivity index (χ1) is 9.02. The summed E-state index contributed by atoms with van der Waals surface area (Å²) in [4.78, 5) is 10.1. The van der Waals surface area contributed by atoms with Crippen LogP contribution in [-0.2, 0) is 14.8 Å². The highest BCUT2D eigenvalue weighted by molar-refractivity contribution is 7.89. The number of ether oxygens (including phenoxy) is 1. The molecule has 0 bridgehead atoms. The van der Waals surface area contributed by atoms with E-state index in [9.17, 15) is 26.4 Å². The highest BCUT2D eigenvalue weighted by atomic mass is 32.2. The molecule has 1 rings (SSSR count). The minimum Gasteiger partial charge on any atom is -0.480 e. The summed E-state index contributed by atoms with van der Waals surface area (Å²) < 4.78 is 63.7. The van der Waals surface area contributed by atoms with Gasteiger partial charge < -0.3 is 9.84 Å². The molecule has 112 valence electrons. The van der Waals surface area contributed by atoms with Crippen LogP contribution in [-0.4, -0.2) is 43.8 Å². The number of aliphatic carboxylic acids is 1. The van der Waals surface area contributed by atoms with Gasteiger partial charge in [-0.3, -0.25) is 4.79 Å². The van der Waals surface area contributed by atoms with Crippen molar-refractivity contribution in [3.05, 3.63) is 24.3 Å². The molecule has 10 heteroatoms. The largest absolute Gasteiger partial charge is 0.573 e. The Morgan fingerprint density at radius 2 is 1.80 bits per heavy atom. The Bertz CT molecular complexity index is 582. The highest BCUT2D eigenvalue weighted by Crippen LogP contribution is 2.24. The minimum absolute atomic E-state index is 0.337. The topological polar surface area (TPSA) is 83.9 Å². The van der Waals surface area contributed by atoms with Gasteiger partial charge in [0.15, 0.2) is 0 Å². The molecule has 0 atom stereocenters. The second-order valence-corrected chi connectivity index (χ2v) is 5.72. The van der Waals surface area contributed by atoms with Gasteiger partial charge in [-0.2, -0.15) is 4.31 Å². The number of hydrogen-bond acceptors (Lipinski definition) is 4. The number of sulfonamides is 1. The van der Waals surface area contributed by atoms with Crippen molar-refractivity contribution >= 4 is 16.0 Å². The number of alkyl halides is 3. The fourth-order valence-electron chi connectivity index (χ4n) is 1.27. The molecule has 1 aromatic carbocycles. The van der Waals surface area contributed by atoms with Crippen LogP contribution in [0.4, 0.5) is 13.2 Å². The van der Waals surface area contributed by atoms with Crippen molar-refractivity contribution in [2.24, 2.45) is 0 Å². The third-order valence-corrected chi connectivity index (χ3v) is 3.94. The zero-order valence-corrected chi connectivity index (χ0v) is 10.9. The molecule has 0 amide bonds. The summed E-state index contributed by atoms with van der Waals surface area (Å²) in [6, 6.07) is 3.45. The van der Waals surface area contributed by atoms with E-state index in [-0.39, 0.29) is 4.90 Å². The summed E-state index contributed by atoms with van der Waals surface area (Å²) in [6.07, 6.45) is -4.87. The van der Waals surface area contributed by atoms with Crippen LogP contribution in [0.15, 0.2) is 29.2 Å². The van der Waals surface area contributed by atoms with Gasteiger partial charge in [-0.15, -0.1) is 13.2 Å². The van der Waals surface area contributed by atoms with Gasteiger partial charge >= 0.3 is 12.3 Å². The Hall–Kier alpha value is -1.81. The Labute approximate surface area is 112 Å². The van der Waals surface area contributed by atoms with Crippen molar-refractivity contribution in [2.75, 3.05) is 13.6 Å². The summed E-state index contributed by atoms with van der Waals surface area (Å²) in [5.74, 6) is -1.93. The first-order valence-electron chi connectivity index (χ1n) is 5.06. The van der Waals surface area contributed by atoms with E-state index in [2.05, 4.69) is 4.74 Å². The first kappa shape index (κ1) is 16.2. The van der Waals surface area contributed by atoms with Gasteiger partial charge in [0.05, 0.1) is 4.90 Å². The third kappa shape index (κ3) is 4.38. The number of carboxylic acid groups (broad SMARTS) is 1. The van der Waals surface area contributed by atoms with Crippen molar-refractivity contribution in [2.45, 2.75) is 11.3 Å². The maximum atomic E-state index is 11.9. The van der Waals surface area contributed by atoms with E-state index in [1.807, 2.05) is 0 Å². The molecule has 0 aliphatic heterocycles. The maximum Gasteiger partial charge on any atom is 0.573 e. The molecule has 0 radical (unpaired) electrons. The van der Waals surface area contributed by atoms with E-state index in [0.29, 0.717) is 4.31 Å². The van der Waals surface area contributed by atoms with Crippen molar-refractivity contribution in [1.82, 2.24) is 4.31 Å². The van der Waals surface area contributed by atoms with E-state index in [4.69, 9.17) is 5.11 Å². The average Bonchev–Trinajstić information content (AvgIpc) is 2.26. The SMILES string of the molecule is CN(CC(=O)O)S(=O)(=O)c1ccc(OC(F)(F)F)cc1. The molecule has 0 spiro atoms. The molecule has 20 heavy (non-hydrogen) atoms. The minimum atomic E-state index is -4.87. The van der Waals surface area contributed by atoms with E-state index >= 15 is 0 Å². The standard InChI is InChI=1S/C10H10F3NO5S/c1-14(6-9(15)16)20(17,18)8-4-2-7(3-5-8)19-10(11,12)13/h2-5H,6H2,1H3,(H,15,16). The van der Waals surface area contributed by atoms with Crippen molar-refractivity contribution in [3.8, 4) is 5.75 Å². The van der Waals surface area contributed by atoms with Gasteiger partial charge in [-0.05, 0) is 24.3 Å². The maximum absolute atomic E-state index is 11.9. The van der Waals surface area contributed by atoms with Crippen LogP contribution in [0.5, 0.6) is 5.75 Å². The van der Waals surface area contributed by atoms with Gasteiger partial charge in [0, 0.05) is 7.05 Å². The van der Waals surface area contributed by atoms with Crippen LogP contribution in [0.2, 0.25) is 0 Å². The Morgan fingerprint density at radius 3 is 2.20 bits per heavy atom. The van der Waals surface area contributed by atoms with Crippen LogP contribution in [0.1, 0.15) is 0 Å². The number of rotatable bonds is 5. The molecule has 0 saturated carbocycles. The lowest BCUT2D eigenvalue weighted by Gasteiger charge is -2.15. The van der Waals surface area contributed by atoms with Crippen LogP contribution < -0.4 is 4.74 Å². The number of likely N-dealkylation sites (N-methyl/N-ethyl adjacent to an activating group) is 1. The zero-order valence-electron chi connectivity index (χ0n) is 10.1. The number of benzene rings is 1. The van der Waals surface area contributed by atoms with Gasteiger partial charge in [0.2, 0.25) is 10.0 Å². The number of hydrogen-bond donors (Lipinski definition) is 1. The molecule has 6 nitrogen and oxygen atoms in total. The second kappa shape index (κ2) is 5.67. The summed E-state index contributed by atoms with van der Waals surface area (Å²) >= 11 is 0. The fraction of sp³-hybridized carbons (Fsp3) is 0.300. The van der Waals surface area contributed by atoms with Crippen LogP contribution in [0.25, 0.3) is 0 Å². The number of halogens is 3. The van der Waals surface area contributed by atoms with Gasteiger partial charge in [0.1, 0.15) is 12.3 Å². The zero-order chi connectivity index (χ0) is 15.6. The summed E-state index contributed by atoms with van der Waals surface area (Å²) in [5.41, 5.74) is 0. The summed E-state index contributed by atoms with van der Waals surface area (Å²) in [6.45, 7) is -0.761. The lowest BCUT2D eigenvalue weighted by atomic mass is 10.3. The number of carbonyl (C=O) groups is 1. The molecular formula is C10H10F3NO5S. The van der Waals surface area contributed by atoms with E-state index in [1.54, 1.807) is 0 Å². The van der Waals surface area contributed by atoms with Crippen molar-refractivity contribution in [3.63, 3.8) is 0 Å². The third-order valence-electron chi connectivity index (χ3n) is 2.12. The van der Waals surface area contributed by atoms with E-state index in [0.717, 1.165) is 31.3 Å². The summed E-state index contributed by atoms with van der Waals surface area (Å²) in [5, 5.41) is 8.51. The Balaban J connectivity index is 2.95. The Morgan fingerprint density at radius 1 is 1.30 bits per heavy atom. The molecule has 0 heterocycles. The lowest BCUT2D eigenvalue weighted by Crippen LogP contribution is -2.32. The van der Waals surface area contributed by atoms with Crippen LogP contribution in [0, 0.1) is 0 Å². The fourth-order valence-corrected chi connectivity index (χ4v) is 2.39. The molecule has 0 unspecified atom stereocenters. The normalized spacial score (nSPS) is 12.4. The highest BCUT2D eigenvalue weighted by Gasteiger charge is 2.31. The molecule has 0 aliphatic rings. The van der Waals surface area contributed by atoms with Gasteiger partial charge in [0.25, 0.3) is 0 Å². The van der Waals surface area contributed by atoms with Gasteiger partial charge in [-0.25, -0.2) is 8.42 Å². The van der Waals surface area contributed by atoms with Gasteiger partial charge in [-0.1, -0.05) is 0 Å². The lowest BCUT2D eigenvalue weighted by molar-refractivity contribution is -0.274.